The Balaban J connectivity index is 1.71. The highest BCUT2D eigenvalue weighted by molar-refractivity contribution is 7.18. The summed E-state index contributed by atoms with van der Waals surface area (Å²) < 4.78 is 48.0. The van der Waals surface area contributed by atoms with E-state index in [4.69, 9.17) is 4.74 Å². The summed E-state index contributed by atoms with van der Waals surface area (Å²) in [6.07, 6.45) is -3.82. The van der Waals surface area contributed by atoms with Crippen molar-refractivity contribution >= 4 is 21.6 Å². The van der Waals surface area contributed by atoms with E-state index in [0.29, 0.717) is 33.0 Å². The molecule has 0 amide bonds. The number of para-hydroxylation sites is 1. The van der Waals surface area contributed by atoms with Crippen LogP contribution in [0.5, 0.6) is 5.75 Å². The summed E-state index contributed by atoms with van der Waals surface area (Å²) in [7, 11) is 0. The van der Waals surface area contributed by atoms with Crippen LogP contribution >= 0.6 is 11.3 Å². The lowest BCUT2D eigenvalue weighted by atomic mass is 9.73. The first kappa shape index (κ1) is 20.9. The fourth-order valence-electron chi connectivity index (χ4n) is 4.23. The number of hydrogen-bond donors (Lipinski definition) is 2. The second kappa shape index (κ2) is 7.13. The summed E-state index contributed by atoms with van der Waals surface area (Å²) in [6, 6.07) is 8.25. The van der Waals surface area contributed by atoms with Crippen molar-refractivity contribution in [2.75, 3.05) is 6.61 Å². The lowest BCUT2D eigenvalue weighted by Crippen LogP contribution is -2.50. The maximum atomic E-state index is 14.1. The number of ether oxygens (including phenoxy) is 1. The minimum atomic E-state index is -4.84. The minimum Gasteiger partial charge on any atom is -0.493 e. The highest BCUT2D eigenvalue weighted by atomic mass is 32.1. The Morgan fingerprint density at radius 1 is 1.23 bits per heavy atom. The molecule has 2 aromatic heterocycles. The Hall–Kier alpha value is -2.32. The molecule has 4 nitrogen and oxygen atoms in total. The topological polar surface area (TPSA) is 62.3 Å². The zero-order chi connectivity index (χ0) is 21.7. The van der Waals surface area contributed by atoms with E-state index in [-0.39, 0.29) is 5.43 Å². The van der Waals surface area contributed by atoms with Gasteiger partial charge in [0.25, 0.3) is 0 Å². The number of nitrogens with one attached hydrogen (secondary N) is 1. The molecule has 0 saturated carbocycles. The van der Waals surface area contributed by atoms with Gasteiger partial charge >= 0.3 is 6.18 Å². The summed E-state index contributed by atoms with van der Waals surface area (Å²) in [6.45, 7) is 3.88. The van der Waals surface area contributed by atoms with Gasteiger partial charge in [-0.3, -0.25) is 4.79 Å². The number of aromatic nitrogens is 1. The number of halogens is 3. The highest BCUT2D eigenvalue weighted by Crippen LogP contribution is 2.47. The first-order chi connectivity index (χ1) is 14.0. The summed E-state index contributed by atoms with van der Waals surface area (Å²) in [5.74, 6) is 0.625. The number of H-pyrrole nitrogens is 1. The van der Waals surface area contributed by atoms with Gasteiger partial charge in [0.15, 0.2) is 11.0 Å². The zero-order valence-electron chi connectivity index (χ0n) is 16.6. The van der Waals surface area contributed by atoms with Crippen molar-refractivity contribution in [1.82, 2.24) is 4.98 Å². The lowest BCUT2D eigenvalue weighted by Gasteiger charge is -2.38. The maximum absolute atomic E-state index is 14.1. The molecule has 0 spiro atoms. The van der Waals surface area contributed by atoms with E-state index < -0.39 is 30.0 Å². The third kappa shape index (κ3) is 3.63. The van der Waals surface area contributed by atoms with E-state index in [1.54, 1.807) is 19.9 Å². The van der Waals surface area contributed by atoms with Crippen molar-refractivity contribution < 1.29 is 23.0 Å². The number of aliphatic hydroxyl groups is 1. The number of fused-ring (bicyclic) bond motifs is 2. The Bertz CT molecular complexity index is 1150. The molecule has 160 valence electrons. The van der Waals surface area contributed by atoms with Crippen molar-refractivity contribution in [3.8, 4) is 5.75 Å². The Morgan fingerprint density at radius 2 is 2.00 bits per heavy atom. The van der Waals surface area contributed by atoms with Gasteiger partial charge in [-0.25, -0.2) is 0 Å². The molecular weight excluding hydrogens is 415 g/mol. The van der Waals surface area contributed by atoms with Gasteiger partial charge in [0.1, 0.15) is 10.6 Å². The standard InChI is InChI=1S/C22H22F3NO3S/c1-20(2,16-5-3-4-13-7-9-29-18(13)16)12-21(28,22(23,24)25)11-14-10-15-17(27)6-8-26-19(15)30-14/h3-6,8,10,28H,7,9,11-12H2,1-2H3,(H,26,27). The molecule has 0 fully saturated rings. The first-order valence-corrected chi connectivity index (χ1v) is 10.5. The van der Waals surface area contributed by atoms with Crippen LogP contribution in [0.15, 0.2) is 41.3 Å². The van der Waals surface area contributed by atoms with Crippen molar-refractivity contribution in [2.24, 2.45) is 0 Å². The van der Waals surface area contributed by atoms with Crippen LogP contribution in [0.3, 0.4) is 0 Å². The molecule has 1 unspecified atom stereocenters. The number of rotatable bonds is 5. The van der Waals surface area contributed by atoms with Crippen LogP contribution < -0.4 is 10.2 Å². The van der Waals surface area contributed by atoms with Crippen molar-refractivity contribution in [3.05, 3.63) is 62.8 Å². The molecule has 0 bridgehead atoms. The maximum Gasteiger partial charge on any atom is 0.417 e. The first-order valence-electron chi connectivity index (χ1n) is 9.65. The molecule has 1 aromatic carbocycles. The van der Waals surface area contributed by atoms with Gasteiger partial charge in [-0.15, -0.1) is 11.3 Å². The molecule has 0 saturated heterocycles. The zero-order valence-corrected chi connectivity index (χ0v) is 17.4. The normalized spacial score (nSPS) is 16.3. The second-order valence-electron chi connectivity index (χ2n) is 8.46. The number of pyridine rings is 1. The van der Waals surface area contributed by atoms with Crippen molar-refractivity contribution in [1.29, 1.82) is 0 Å². The summed E-state index contributed by atoms with van der Waals surface area (Å²) in [5, 5.41) is 11.2. The smallest absolute Gasteiger partial charge is 0.417 e. The van der Waals surface area contributed by atoms with E-state index in [2.05, 4.69) is 4.98 Å². The fraction of sp³-hybridized carbons (Fsp3) is 0.409. The number of aromatic amines is 1. The Labute approximate surface area is 175 Å². The van der Waals surface area contributed by atoms with Crippen molar-refractivity contribution in [2.45, 2.75) is 50.3 Å². The molecule has 2 N–H and O–H groups in total. The number of alkyl halides is 3. The van der Waals surface area contributed by atoms with E-state index in [9.17, 15) is 23.1 Å². The van der Waals surface area contributed by atoms with Gasteiger partial charge in [-0.05, 0) is 23.5 Å². The molecule has 4 rings (SSSR count). The summed E-state index contributed by atoms with van der Waals surface area (Å²) in [4.78, 5) is 15.6. The lowest BCUT2D eigenvalue weighted by molar-refractivity contribution is -0.266. The second-order valence-corrected chi connectivity index (χ2v) is 9.59. The van der Waals surface area contributed by atoms with E-state index in [1.807, 2.05) is 12.1 Å². The van der Waals surface area contributed by atoms with Crippen LogP contribution in [-0.2, 0) is 18.3 Å². The van der Waals surface area contributed by atoms with Gasteiger partial charge in [-0.1, -0.05) is 32.0 Å². The molecule has 0 radical (unpaired) electrons. The predicted molar refractivity (Wildman–Crippen MR) is 110 cm³/mol. The van der Waals surface area contributed by atoms with E-state index in [1.165, 1.54) is 18.3 Å². The van der Waals surface area contributed by atoms with Gasteiger partial charge < -0.3 is 14.8 Å². The Kier molecular flexibility index (Phi) is 4.97. The van der Waals surface area contributed by atoms with Crippen LogP contribution in [0.1, 0.15) is 36.3 Å². The molecule has 3 heterocycles. The van der Waals surface area contributed by atoms with Gasteiger partial charge in [0, 0.05) is 35.5 Å². The molecule has 0 aliphatic carbocycles. The number of benzene rings is 1. The van der Waals surface area contributed by atoms with Crippen LogP contribution in [0.25, 0.3) is 10.2 Å². The van der Waals surface area contributed by atoms with Crippen LogP contribution in [0, 0.1) is 0 Å². The third-order valence-corrected chi connectivity index (χ3v) is 6.74. The predicted octanol–water partition coefficient (Wildman–Crippen LogP) is 4.73. The Morgan fingerprint density at radius 3 is 2.70 bits per heavy atom. The van der Waals surface area contributed by atoms with Crippen molar-refractivity contribution in [3.63, 3.8) is 0 Å². The number of hydrogen-bond acceptors (Lipinski definition) is 4. The minimum absolute atomic E-state index is 0.265. The van der Waals surface area contributed by atoms with E-state index in [0.717, 1.165) is 23.3 Å². The quantitative estimate of drug-likeness (QED) is 0.607. The molecule has 3 aromatic rings. The molecular formula is C22H22F3NO3S. The van der Waals surface area contributed by atoms with Gasteiger partial charge in [-0.2, -0.15) is 13.2 Å². The molecule has 1 aliphatic rings. The SMILES string of the molecule is CC(C)(CC(O)(Cc1cc2c(=O)cc[nH]c2s1)C(F)(F)F)c1cccc2c1OCC2. The summed E-state index contributed by atoms with van der Waals surface area (Å²) in [5.41, 5.74) is -2.58. The van der Waals surface area contributed by atoms with Gasteiger partial charge in [0.2, 0.25) is 0 Å². The van der Waals surface area contributed by atoms with Crippen LogP contribution in [0.4, 0.5) is 13.2 Å². The van der Waals surface area contributed by atoms with Gasteiger partial charge in [0.05, 0.1) is 12.0 Å². The highest BCUT2D eigenvalue weighted by Gasteiger charge is 2.56. The van der Waals surface area contributed by atoms with E-state index >= 15 is 0 Å². The third-order valence-electron chi connectivity index (χ3n) is 5.67. The van der Waals surface area contributed by atoms with Crippen LogP contribution in [-0.4, -0.2) is 28.5 Å². The molecule has 8 heteroatoms. The summed E-state index contributed by atoms with van der Waals surface area (Å²) >= 11 is 1.06. The largest absolute Gasteiger partial charge is 0.493 e. The number of thiophene rings is 1. The van der Waals surface area contributed by atoms with Crippen LogP contribution in [0.2, 0.25) is 0 Å². The average Bonchev–Trinajstić information content (AvgIpc) is 3.26. The molecule has 1 aliphatic heterocycles. The fourth-order valence-corrected chi connectivity index (χ4v) is 5.37. The monoisotopic (exact) mass is 437 g/mol. The molecule has 30 heavy (non-hydrogen) atoms. The average molecular weight is 437 g/mol. The molecule has 1 atom stereocenters.